The molecule has 1 amide bonds. The summed E-state index contributed by atoms with van der Waals surface area (Å²) in [5, 5.41) is 2.54. The van der Waals surface area contributed by atoms with E-state index < -0.39 is 10.8 Å². The monoisotopic (exact) mass is 281 g/mol. The molecular weight excluding hydrogens is 266 g/mol. The molecule has 0 bridgehead atoms. The maximum absolute atomic E-state index is 11.2. The molecule has 6 heteroatoms. The van der Waals surface area contributed by atoms with Gasteiger partial charge in [0.2, 0.25) is 5.91 Å². The molecular formula is C9H16BrNO4. The minimum Gasteiger partial charge on any atom is -0.468 e. The standard InChI is InChI=1S/C9H16BrNO4/c1-6(2)15-5-8(12)11-4-7(10)9(13)14-3/h6-7H,4-5H2,1-3H3,(H,11,12). The second-order valence-corrected chi connectivity index (χ2v) is 4.26. The topological polar surface area (TPSA) is 64.6 Å². The van der Waals surface area contributed by atoms with Crippen molar-refractivity contribution in [2.45, 2.75) is 24.8 Å². The highest BCUT2D eigenvalue weighted by atomic mass is 79.9. The van der Waals surface area contributed by atoms with Gasteiger partial charge in [0.05, 0.1) is 13.2 Å². The number of methoxy groups -OCH3 is 1. The van der Waals surface area contributed by atoms with Crippen LogP contribution in [0.3, 0.4) is 0 Å². The predicted molar refractivity (Wildman–Crippen MR) is 58.8 cm³/mol. The van der Waals surface area contributed by atoms with Crippen LogP contribution in [0.4, 0.5) is 0 Å². The third-order valence-electron chi connectivity index (χ3n) is 1.48. The molecule has 1 unspecified atom stereocenters. The smallest absolute Gasteiger partial charge is 0.321 e. The minimum absolute atomic E-state index is 0.00143. The summed E-state index contributed by atoms with van der Waals surface area (Å²) in [6.45, 7) is 3.87. The van der Waals surface area contributed by atoms with E-state index in [1.54, 1.807) is 0 Å². The van der Waals surface area contributed by atoms with Crippen LogP contribution < -0.4 is 5.32 Å². The first kappa shape index (κ1) is 14.4. The summed E-state index contributed by atoms with van der Waals surface area (Å²) in [5.41, 5.74) is 0. The normalized spacial score (nSPS) is 12.3. The number of rotatable bonds is 6. The number of hydrogen-bond acceptors (Lipinski definition) is 4. The zero-order valence-corrected chi connectivity index (χ0v) is 10.7. The van der Waals surface area contributed by atoms with E-state index in [0.29, 0.717) is 0 Å². The average Bonchev–Trinajstić information content (AvgIpc) is 2.21. The van der Waals surface area contributed by atoms with Gasteiger partial charge in [-0.2, -0.15) is 0 Å². The van der Waals surface area contributed by atoms with Gasteiger partial charge in [0.25, 0.3) is 0 Å². The van der Waals surface area contributed by atoms with Crippen molar-refractivity contribution in [2.75, 3.05) is 20.3 Å². The maximum atomic E-state index is 11.2. The van der Waals surface area contributed by atoms with Gasteiger partial charge in [-0.25, -0.2) is 0 Å². The Morgan fingerprint density at radius 3 is 2.47 bits per heavy atom. The fraction of sp³-hybridized carbons (Fsp3) is 0.778. The number of carbonyl (C=O) groups is 2. The van der Waals surface area contributed by atoms with Crippen LogP contribution in [0.25, 0.3) is 0 Å². The van der Waals surface area contributed by atoms with Crippen LogP contribution in [0.15, 0.2) is 0 Å². The van der Waals surface area contributed by atoms with E-state index in [4.69, 9.17) is 4.74 Å². The zero-order chi connectivity index (χ0) is 11.8. The maximum Gasteiger partial charge on any atom is 0.321 e. The molecule has 0 aliphatic rings. The third kappa shape index (κ3) is 7.33. The molecule has 5 nitrogen and oxygen atoms in total. The van der Waals surface area contributed by atoms with Gasteiger partial charge in [-0.15, -0.1) is 0 Å². The number of alkyl halides is 1. The van der Waals surface area contributed by atoms with Crippen molar-refractivity contribution in [1.82, 2.24) is 5.32 Å². The largest absolute Gasteiger partial charge is 0.468 e. The third-order valence-corrected chi connectivity index (χ3v) is 2.18. The van der Waals surface area contributed by atoms with Crippen molar-refractivity contribution in [3.05, 3.63) is 0 Å². The summed E-state index contributed by atoms with van der Waals surface area (Å²) >= 11 is 3.08. The summed E-state index contributed by atoms with van der Waals surface area (Å²) < 4.78 is 9.55. The van der Waals surface area contributed by atoms with Gasteiger partial charge < -0.3 is 14.8 Å². The van der Waals surface area contributed by atoms with Crippen molar-refractivity contribution in [1.29, 1.82) is 0 Å². The Kier molecular flexibility index (Phi) is 7.33. The van der Waals surface area contributed by atoms with Crippen molar-refractivity contribution in [3.63, 3.8) is 0 Å². The molecule has 0 rings (SSSR count). The Morgan fingerprint density at radius 1 is 1.40 bits per heavy atom. The second-order valence-electron chi connectivity index (χ2n) is 3.15. The van der Waals surface area contributed by atoms with E-state index in [-0.39, 0.29) is 25.2 Å². The number of ether oxygens (including phenoxy) is 2. The fourth-order valence-corrected chi connectivity index (χ4v) is 1.06. The van der Waals surface area contributed by atoms with Crippen LogP contribution >= 0.6 is 15.9 Å². The summed E-state index contributed by atoms with van der Waals surface area (Å²) in [4.78, 5) is 21.6. The van der Waals surface area contributed by atoms with Crippen molar-refractivity contribution in [3.8, 4) is 0 Å². The number of hydrogen-bond donors (Lipinski definition) is 1. The molecule has 1 N–H and O–H groups in total. The van der Waals surface area contributed by atoms with Crippen molar-refractivity contribution >= 4 is 27.8 Å². The lowest BCUT2D eigenvalue weighted by molar-refractivity contribution is -0.139. The highest BCUT2D eigenvalue weighted by Crippen LogP contribution is 1.99. The van der Waals surface area contributed by atoms with Crippen molar-refractivity contribution < 1.29 is 19.1 Å². The Bertz CT molecular complexity index is 220. The molecule has 1 atom stereocenters. The Balaban J connectivity index is 3.66. The molecule has 15 heavy (non-hydrogen) atoms. The molecule has 0 aromatic rings. The Morgan fingerprint density at radius 2 is 2.00 bits per heavy atom. The summed E-state index contributed by atoms with van der Waals surface area (Å²) in [7, 11) is 1.29. The van der Waals surface area contributed by atoms with Gasteiger partial charge >= 0.3 is 5.97 Å². The first-order chi connectivity index (χ1) is 6.97. The lowest BCUT2D eigenvalue weighted by Gasteiger charge is -2.10. The highest BCUT2D eigenvalue weighted by Gasteiger charge is 2.15. The molecule has 0 fully saturated rings. The Labute approximate surface area is 97.6 Å². The van der Waals surface area contributed by atoms with Gasteiger partial charge in [0, 0.05) is 6.54 Å². The van der Waals surface area contributed by atoms with Crippen LogP contribution in [0.1, 0.15) is 13.8 Å². The lowest BCUT2D eigenvalue weighted by Crippen LogP contribution is -2.36. The van der Waals surface area contributed by atoms with Crippen LogP contribution in [0.2, 0.25) is 0 Å². The molecule has 0 spiro atoms. The van der Waals surface area contributed by atoms with Crippen LogP contribution in [0, 0.1) is 0 Å². The van der Waals surface area contributed by atoms with Crippen LogP contribution in [0.5, 0.6) is 0 Å². The molecule has 0 aliphatic heterocycles. The van der Waals surface area contributed by atoms with E-state index in [1.807, 2.05) is 13.8 Å². The summed E-state index contributed by atoms with van der Waals surface area (Å²) in [5.74, 6) is -0.669. The minimum atomic E-state index is -0.523. The van der Waals surface area contributed by atoms with Gasteiger partial charge in [-0.3, -0.25) is 9.59 Å². The molecule has 0 aromatic heterocycles. The van der Waals surface area contributed by atoms with E-state index in [2.05, 4.69) is 26.0 Å². The van der Waals surface area contributed by atoms with Crippen molar-refractivity contribution in [2.24, 2.45) is 0 Å². The molecule has 88 valence electrons. The fourth-order valence-electron chi connectivity index (χ4n) is 0.708. The molecule has 0 aromatic carbocycles. The lowest BCUT2D eigenvalue weighted by atomic mass is 10.4. The second kappa shape index (κ2) is 7.64. The van der Waals surface area contributed by atoms with Gasteiger partial charge in [0.1, 0.15) is 11.4 Å². The Hall–Kier alpha value is -0.620. The van der Waals surface area contributed by atoms with E-state index in [0.717, 1.165) is 0 Å². The van der Waals surface area contributed by atoms with Gasteiger partial charge in [-0.1, -0.05) is 15.9 Å². The predicted octanol–water partition coefficient (Wildman–Crippen LogP) is 0.464. The number of amides is 1. The number of esters is 1. The summed E-state index contributed by atoms with van der Waals surface area (Å²) in [6, 6.07) is 0. The average molecular weight is 282 g/mol. The van der Waals surface area contributed by atoms with Gasteiger partial charge in [-0.05, 0) is 13.8 Å². The molecule has 0 saturated heterocycles. The van der Waals surface area contributed by atoms with Crippen LogP contribution in [-0.2, 0) is 19.1 Å². The quantitative estimate of drug-likeness (QED) is 0.568. The number of carbonyl (C=O) groups excluding carboxylic acids is 2. The van der Waals surface area contributed by atoms with Gasteiger partial charge in [0.15, 0.2) is 0 Å². The number of halogens is 1. The molecule has 0 saturated carbocycles. The first-order valence-electron chi connectivity index (χ1n) is 4.57. The van der Waals surface area contributed by atoms with E-state index in [9.17, 15) is 9.59 Å². The molecule has 0 heterocycles. The molecule has 0 radical (unpaired) electrons. The zero-order valence-electron chi connectivity index (χ0n) is 9.08. The number of nitrogens with one attached hydrogen (secondary N) is 1. The van der Waals surface area contributed by atoms with Crippen LogP contribution in [-0.4, -0.2) is 43.1 Å². The van der Waals surface area contributed by atoms with E-state index in [1.165, 1.54) is 7.11 Å². The highest BCUT2D eigenvalue weighted by molar-refractivity contribution is 9.10. The SMILES string of the molecule is COC(=O)C(Br)CNC(=O)COC(C)C. The van der Waals surface area contributed by atoms with E-state index >= 15 is 0 Å². The summed E-state index contributed by atoms with van der Waals surface area (Å²) in [6.07, 6.45) is 0.0103. The first-order valence-corrected chi connectivity index (χ1v) is 5.49. The molecule has 0 aliphatic carbocycles.